The summed E-state index contributed by atoms with van der Waals surface area (Å²) in [5.74, 6) is -0.541. The van der Waals surface area contributed by atoms with Gasteiger partial charge in [0.25, 0.3) is 0 Å². The molecule has 4 aromatic rings. The maximum absolute atomic E-state index is 11.6. The maximum atomic E-state index is 11.6. The van der Waals surface area contributed by atoms with E-state index in [1.165, 1.54) is 13.3 Å². The molecule has 0 bridgehead atoms. The molecule has 0 N–H and O–H groups in total. The van der Waals surface area contributed by atoms with Gasteiger partial charge in [-0.25, -0.2) is 14.5 Å². The van der Waals surface area contributed by atoms with Crippen LogP contribution in [-0.2, 0) is 11.3 Å². The highest BCUT2D eigenvalue weighted by atomic mass is 35.5. The molecule has 0 unspecified atom stereocenters. The van der Waals surface area contributed by atoms with E-state index in [1.807, 2.05) is 34.9 Å². The fourth-order valence-electron chi connectivity index (χ4n) is 2.82. The average Bonchev–Trinajstić information content (AvgIpc) is 3.27. The quantitative estimate of drug-likeness (QED) is 0.487. The first-order chi connectivity index (χ1) is 13.1. The van der Waals surface area contributed by atoms with Crippen molar-refractivity contribution >= 4 is 34.8 Å². The van der Waals surface area contributed by atoms with Crippen molar-refractivity contribution in [3.63, 3.8) is 0 Å². The number of ether oxygens (including phenoxy) is 1. The van der Waals surface area contributed by atoms with E-state index in [1.54, 1.807) is 16.8 Å². The number of hydrogen-bond donors (Lipinski definition) is 0. The molecule has 0 fully saturated rings. The van der Waals surface area contributed by atoms with Gasteiger partial charge in [0.05, 0.1) is 36.3 Å². The predicted octanol–water partition coefficient (Wildman–Crippen LogP) is 3.73. The Morgan fingerprint density at radius 3 is 2.85 bits per heavy atom. The van der Waals surface area contributed by atoms with E-state index in [9.17, 15) is 4.79 Å². The van der Waals surface area contributed by atoms with Gasteiger partial charge in [-0.2, -0.15) is 0 Å². The Hall–Kier alpha value is -2.90. The summed E-state index contributed by atoms with van der Waals surface area (Å²) in [4.78, 5) is 16.3. The second kappa shape index (κ2) is 7.02. The van der Waals surface area contributed by atoms with E-state index in [-0.39, 0.29) is 5.69 Å². The molecule has 3 heterocycles. The Morgan fingerprint density at radius 2 is 2.07 bits per heavy atom. The van der Waals surface area contributed by atoms with Crippen molar-refractivity contribution in [2.45, 2.75) is 6.54 Å². The third-order valence-electron chi connectivity index (χ3n) is 4.06. The van der Waals surface area contributed by atoms with Gasteiger partial charge in [0.1, 0.15) is 5.65 Å². The number of methoxy groups -OCH3 is 1. The number of aromatic nitrogens is 5. The number of halogens is 2. The molecule has 4 rings (SSSR count). The number of benzene rings is 1. The van der Waals surface area contributed by atoms with Crippen LogP contribution in [0.2, 0.25) is 10.0 Å². The van der Waals surface area contributed by atoms with Crippen LogP contribution in [0.1, 0.15) is 16.2 Å². The number of fused-ring (bicyclic) bond motifs is 1. The fourth-order valence-corrected chi connectivity index (χ4v) is 3.32. The molecule has 27 heavy (non-hydrogen) atoms. The van der Waals surface area contributed by atoms with E-state index in [0.717, 1.165) is 16.9 Å². The standard InChI is InChI=1S/C18H13Cl2N5O2/c1-27-18(26)14-9-24(23-22-14)10-15-17(12-6-5-11(19)8-13(12)20)21-16-4-2-3-7-25(15)16/h2-9H,10H2,1H3. The Bertz CT molecular complexity index is 1150. The minimum absolute atomic E-state index is 0.136. The lowest BCUT2D eigenvalue weighted by Gasteiger charge is -2.07. The third-order valence-corrected chi connectivity index (χ3v) is 4.61. The SMILES string of the molecule is COC(=O)c1cn(Cc2c(-c3ccc(Cl)cc3Cl)nc3ccccn23)nn1. The highest BCUT2D eigenvalue weighted by Gasteiger charge is 2.18. The normalized spacial score (nSPS) is 11.1. The van der Waals surface area contributed by atoms with Gasteiger partial charge in [-0.1, -0.05) is 34.5 Å². The topological polar surface area (TPSA) is 74.3 Å². The third kappa shape index (κ3) is 3.27. The van der Waals surface area contributed by atoms with Gasteiger partial charge < -0.3 is 9.14 Å². The number of rotatable bonds is 4. The Morgan fingerprint density at radius 1 is 1.22 bits per heavy atom. The van der Waals surface area contributed by atoms with Gasteiger partial charge >= 0.3 is 5.97 Å². The lowest BCUT2D eigenvalue weighted by Crippen LogP contribution is -2.05. The van der Waals surface area contributed by atoms with Gasteiger partial charge in [0, 0.05) is 16.8 Å². The number of imidazole rings is 1. The summed E-state index contributed by atoms with van der Waals surface area (Å²) in [5, 5.41) is 8.90. The van der Waals surface area contributed by atoms with Crippen molar-refractivity contribution in [1.82, 2.24) is 24.4 Å². The summed E-state index contributed by atoms with van der Waals surface area (Å²) in [7, 11) is 1.30. The minimum atomic E-state index is -0.541. The van der Waals surface area contributed by atoms with Crippen molar-refractivity contribution in [2.75, 3.05) is 7.11 Å². The highest BCUT2D eigenvalue weighted by Crippen LogP contribution is 2.32. The highest BCUT2D eigenvalue weighted by molar-refractivity contribution is 6.36. The van der Waals surface area contributed by atoms with Crippen molar-refractivity contribution in [3.05, 3.63) is 70.2 Å². The molecule has 0 amide bonds. The first kappa shape index (κ1) is 17.5. The molecule has 0 aliphatic rings. The van der Waals surface area contributed by atoms with Gasteiger partial charge in [-0.3, -0.25) is 0 Å². The van der Waals surface area contributed by atoms with Gasteiger partial charge in [0.15, 0.2) is 5.69 Å². The van der Waals surface area contributed by atoms with Crippen LogP contribution in [-0.4, -0.2) is 37.5 Å². The molecule has 136 valence electrons. The monoisotopic (exact) mass is 401 g/mol. The zero-order valence-electron chi connectivity index (χ0n) is 14.1. The molecule has 7 nitrogen and oxygen atoms in total. The first-order valence-electron chi connectivity index (χ1n) is 7.96. The number of carbonyl (C=O) groups excluding carboxylic acids is 1. The predicted molar refractivity (Wildman–Crippen MR) is 101 cm³/mol. The molecular weight excluding hydrogens is 389 g/mol. The lowest BCUT2D eigenvalue weighted by molar-refractivity contribution is 0.0594. The molecule has 0 aliphatic carbocycles. The van der Waals surface area contributed by atoms with Crippen LogP contribution >= 0.6 is 23.2 Å². The largest absolute Gasteiger partial charge is 0.464 e. The van der Waals surface area contributed by atoms with Crippen LogP contribution in [0.15, 0.2) is 48.8 Å². The van der Waals surface area contributed by atoms with Crippen molar-refractivity contribution in [1.29, 1.82) is 0 Å². The molecule has 0 spiro atoms. The summed E-state index contributed by atoms with van der Waals surface area (Å²) in [6.07, 6.45) is 3.44. The molecule has 0 aliphatic heterocycles. The molecule has 0 atom stereocenters. The summed E-state index contributed by atoms with van der Waals surface area (Å²) in [5.41, 5.74) is 3.21. The molecular formula is C18H13Cl2N5O2. The van der Waals surface area contributed by atoms with E-state index >= 15 is 0 Å². The van der Waals surface area contributed by atoms with E-state index in [0.29, 0.717) is 22.3 Å². The number of pyridine rings is 1. The van der Waals surface area contributed by atoms with Crippen molar-refractivity contribution in [3.8, 4) is 11.3 Å². The molecule has 1 aromatic carbocycles. The summed E-state index contributed by atoms with van der Waals surface area (Å²) in [6, 6.07) is 11.0. The number of carbonyl (C=O) groups is 1. The second-order valence-electron chi connectivity index (χ2n) is 5.75. The number of nitrogens with zero attached hydrogens (tertiary/aromatic N) is 5. The van der Waals surface area contributed by atoms with Crippen LogP contribution < -0.4 is 0 Å². The zero-order chi connectivity index (χ0) is 19.0. The molecule has 9 heteroatoms. The van der Waals surface area contributed by atoms with Crippen LogP contribution in [0.3, 0.4) is 0 Å². The summed E-state index contributed by atoms with van der Waals surface area (Å²) >= 11 is 12.4. The van der Waals surface area contributed by atoms with Crippen LogP contribution in [0.4, 0.5) is 0 Å². The summed E-state index contributed by atoms with van der Waals surface area (Å²) < 4.78 is 8.17. The Kier molecular flexibility index (Phi) is 4.55. The number of hydrogen-bond acceptors (Lipinski definition) is 5. The van der Waals surface area contributed by atoms with E-state index in [4.69, 9.17) is 28.2 Å². The zero-order valence-corrected chi connectivity index (χ0v) is 15.6. The molecule has 3 aromatic heterocycles. The summed E-state index contributed by atoms with van der Waals surface area (Å²) in [6.45, 7) is 0.337. The Balaban J connectivity index is 1.83. The van der Waals surface area contributed by atoms with Crippen LogP contribution in [0.5, 0.6) is 0 Å². The maximum Gasteiger partial charge on any atom is 0.360 e. The molecule has 0 saturated carbocycles. The van der Waals surface area contributed by atoms with E-state index in [2.05, 4.69) is 15.0 Å². The minimum Gasteiger partial charge on any atom is -0.464 e. The van der Waals surface area contributed by atoms with Gasteiger partial charge in [-0.15, -0.1) is 5.10 Å². The Labute approximate surface area is 164 Å². The van der Waals surface area contributed by atoms with Gasteiger partial charge in [0.2, 0.25) is 0 Å². The van der Waals surface area contributed by atoms with Crippen LogP contribution in [0, 0.1) is 0 Å². The molecule has 0 saturated heterocycles. The van der Waals surface area contributed by atoms with Crippen LogP contribution in [0.25, 0.3) is 16.9 Å². The molecule has 0 radical (unpaired) electrons. The van der Waals surface area contributed by atoms with E-state index < -0.39 is 5.97 Å². The number of esters is 1. The second-order valence-corrected chi connectivity index (χ2v) is 6.60. The van der Waals surface area contributed by atoms with Crippen molar-refractivity contribution < 1.29 is 9.53 Å². The average molecular weight is 402 g/mol. The smallest absolute Gasteiger partial charge is 0.360 e. The lowest BCUT2D eigenvalue weighted by atomic mass is 10.1. The fraction of sp³-hybridized carbons (Fsp3) is 0.111. The first-order valence-corrected chi connectivity index (χ1v) is 8.72. The van der Waals surface area contributed by atoms with Gasteiger partial charge in [-0.05, 0) is 30.3 Å². The van der Waals surface area contributed by atoms with Crippen molar-refractivity contribution in [2.24, 2.45) is 0 Å².